The SMILES string of the molecule is CCCCCCOC(C)(Cc1ccc(OC)c(Cl)c1)OCCCCCC. The molecule has 3 nitrogen and oxygen atoms in total. The van der Waals surface area contributed by atoms with Gasteiger partial charge < -0.3 is 14.2 Å². The summed E-state index contributed by atoms with van der Waals surface area (Å²) in [5, 5.41) is 0.623. The zero-order chi connectivity index (χ0) is 19.3. The minimum absolute atomic E-state index is 0.615. The van der Waals surface area contributed by atoms with Crippen molar-refractivity contribution in [1.82, 2.24) is 0 Å². The second kappa shape index (κ2) is 13.4. The highest BCUT2D eigenvalue weighted by molar-refractivity contribution is 6.32. The van der Waals surface area contributed by atoms with E-state index in [2.05, 4.69) is 13.8 Å². The summed E-state index contributed by atoms with van der Waals surface area (Å²) in [5.41, 5.74) is 1.10. The van der Waals surface area contributed by atoms with Crippen LogP contribution < -0.4 is 4.74 Å². The topological polar surface area (TPSA) is 27.7 Å². The van der Waals surface area contributed by atoms with Gasteiger partial charge in [-0.05, 0) is 37.5 Å². The van der Waals surface area contributed by atoms with Gasteiger partial charge in [-0.3, -0.25) is 0 Å². The zero-order valence-electron chi connectivity index (χ0n) is 17.1. The summed E-state index contributed by atoms with van der Waals surface area (Å²) in [7, 11) is 1.63. The van der Waals surface area contributed by atoms with Gasteiger partial charge in [-0.1, -0.05) is 70.0 Å². The maximum Gasteiger partial charge on any atom is 0.169 e. The molecule has 0 saturated heterocycles. The molecule has 0 aliphatic rings. The maximum atomic E-state index is 6.27. The first-order valence-electron chi connectivity index (χ1n) is 10.1. The molecule has 0 aromatic heterocycles. The second-order valence-electron chi connectivity index (χ2n) is 7.10. The van der Waals surface area contributed by atoms with E-state index in [0.29, 0.717) is 17.2 Å². The third-order valence-corrected chi connectivity index (χ3v) is 4.85. The molecule has 4 heteroatoms. The first-order chi connectivity index (χ1) is 12.5. The first-order valence-corrected chi connectivity index (χ1v) is 10.5. The van der Waals surface area contributed by atoms with E-state index in [0.717, 1.165) is 31.6 Å². The van der Waals surface area contributed by atoms with Crippen molar-refractivity contribution >= 4 is 11.6 Å². The Morgan fingerprint density at radius 3 is 1.92 bits per heavy atom. The van der Waals surface area contributed by atoms with Crippen LogP contribution in [0.4, 0.5) is 0 Å². The van der Waals surface area contributed by atoms with Crippen LogP contribution in [0.25, 0.3) is 0 Å². The molecule has 0 bridgehead atoms. The third kappa shape index (κ3) is 9.25. The zero-order valence-corrected chi connectivity index (χ0v) is 17.9. The molecule has 0 heterocycles. The monoisotopic (exact) mass is 384 g/mol. The summed E-state index contributed by atoms with van der Waals surface area (Å²) in [6.45, 7) is 7.95. The maximum absolute atomic E-state index is 6.27. The number of rotatable bonds is 15. The molecule has 0 atom stereocenters. The quantitative estimate of drug-likeness (QED) is 0.246. The molecule has 0 unspecified atom stereocenters. The number of halogens is 1. The van der Waals surface area contributed by atoms with Crippen LogP contribution in [0.2, 0.25) is 5.02 Å². The van der Waals surface area contributed by atoms with E-state index in [9.17, 15) is 0 Å². The number of hydrogen-bond donors (Lipinski definition) is 0. The van der Waals surface area contributed by atoms with Crippen LogP contribution in [0.1, 0.15) is 77.7 Å². The van der Waals surface area contributed by atoms with Crippen molar-refractivity contribution < 1.29 is 14.2 Å². The normalized spacial score (nSPS) is 11.7. The highest BCUT2D eigenvalue weighted by Gasteiger charge is 2.26. The Morgan fingerprint density at radius 2 is 1.46 bits per heavy atom. The fourth-order valence-corrected chi connectivity index (χ4v) is 3.25. The summed E-state index contributed by atoms with van der Waals surface area (Å²) < 4.78 is 17.6. The lowest BCUT2D eigenvalue weighted by Gasteiger charge is -2.30. The predicted octanol–water partition coefficient (Wildman–Crippen LogP) is 6.80. The summed E-state index contributed by atoms with van der Waals surface area (Å²) in [4.78, 5) is 0. The minimum atomic E-state index is -0.615. The smallest absolute Gasteiger partial charge is 0.169 e. The molecular formula is C22H37ClO3. The van der Waals surface area contributed by atoms with Gasteiger partial charge in [0, 0.05) is 6.42 Å². The molecule has 0 amide bonds. The lowest BCUT2D eigenvalue weighted by molar-refractivity contribution is -0.225. The van der Waals surface area contributed by atoms with Crippen molar-refractivity contribution in [3.05, 3.63) is 28.8 Å². The van der Waals surface area contributed by atoms with Crippen molar-refractivity contribution in [3.8, 4) is 5.75 Å². The lowest BCUT2D eigenvalue weighted by Crippen LogP contribution is -2.36. The second-order valence-corrected chi connectivity index (χ2v) is 7.50. The van der Waals surface area contributed by atoms with Crippen molar-refractivity contribution in [1.29, 1.82) is 0 Å². The van der Waals surface area contributed by atoms with E-state index < -0.39 is 5.79 Å². The van der Waals surface area contributed by atoms with E-state index >= 15 is 0 Å². The number of ether oxygens (including phenoxy) is 3. The predicted molar refractivity (Wildman–Crippen MR) is 110 cm³/mol. The number of unbranched alkanes of at least 4 members (excludes halogenated alkanes) is 6. The molecule has 0 saturated carbocycles. The Balaban J connectivity index is 2.63. The fourth-order valence-electron chi connectivity index (χ4n) is 2.97. The first kappa shape index (κ1) is 23.3. The number of methoxy groups -OCH3 is 1. The average molecular weight is 385 g/mol. The molecular weight excluding hydrogens is 348 g/mol. The standard InChI is InChI=1S/C22H37ClO3/c1-5-7-9-11-15-25-22(3,26-16-12-10-8-6-2)18-19-13-14-21(24-4)20(23)17-19/h13-14,17H,5-12,15-16,18H2,1-4H3. The van der Waals surface area contributed by atoms with Crippen molar-refractivity contribution in [3.63, 3.8) is 0 Å². The van der Waals surface area contributed by atoms with Crippen molar-refractivity contribution in [2.45, 2.75) is 84.3 Å². The summed E-state index contributed by atoms with van der Waals surface area (Å²) in [6.07, 6.45) is 10.2. The molecule has 1 aromatic rings. The largest absolute Gasteiger partial charge is 0.495 e. The highest BCUT2D eigenvalue weighted by atomic mass is 35.5. The van der Waals surface area contributed by atoms with Crippen LogP contribution in [0.3, 0.4) is 0 Å². The molecule has 0 N–H and O–H groups in total. The van der Waals surface area contributed by atoms with Crippen LogP contribution in [0, 0.1) is 0 Å². The third-order valence-electron chi connectivity index (χ3n) is 4.55. The van der Waals surface area contributed by atoms with E-state index in [1.54, 1.807) is 7.11 Å². The van der Waals surface area contributed by atoms with E-state index in [1.807, 2.05) is 25.1 Å². The van der Waals surface area contributed by atoms with Gasteiger partial charge in [0.1, 0.15) is 5.75 Å². The summed E-state index contributed by atoms with van der Waals surface area (Å²) >= 11 is 6.27. The Bertz CT molecular complexity index is 476. The van der Waals surface area contributed by atoms with E-state index in [1.165, 1.54) is 38.5 Å². The van der Waals surface area contributed by atoms with Crippen molar-refractivity contribution in [2.75, 3.05) is 20.3 Å². The van der Waals surface area contributed by atoms with Gasteiger partial charge in [0.2, 0.25) is 0 Å². The van der Waals surface area contributed by atoms with Crippen LogP contribution in [0.5, 0.6) is 5.75 Å². The highest BCUT2D eigenvalue weighted by Crippen LogP contribution is 2.28. The van der Waals surface area contributed by atoms with E-state index in [4.69, 9.17) is 25.8 Å². The Morgan fingerprint density at radius 1 is 0.885 bits per heavy atom. The summed E-state index contributed by atoms with van der Waals surface area (Å²) in [5.74, 6) is 0.0779. The van der Waals surface area contributed by atoms with Crippen LogP contribution in [-0.4, -0.2) is 26.1 Å². The van der Waals surface area contributed by atoms with Crippen LogP contribution >= 0.6 is 11.6 Å². The molecule has 0 spiro atoms. The molecule has 26 heavy (non-hydrogen) atoms. The molecule has 0 fully saturated rings. The molecule has 0 aliphatic carbocycles. The van der Waals surface area contributed by atoms with Crippen LogP contribution in [-0.2, 0) is 15.9 Å². The lowest BCUT2D eigenvalue weighted by atomic mass is 10.1. The number of hydrogen-bond acceptors (Lipinski definition) is 3. The summed E-state index contributed by atoms with van der Waals surface area (Å²) in [6, 6.07) is 5.88. The van der Waals surface area contributed by atoms with E-state index in [-0.39, 0.29) is 0 Å². The van der Waals surface area contributed by atoms with Gasteiger partial charge >= 0.3 is 0 Å². The van der Waals surface area contributed by atoms with Gasteiger partial charge in [-0.15, -0.1) is 0 Å². The van der Waals surface area contributed by atoms with Gasteiger partial charge in [0.25, 0.3) is 0 Å². The Kier molecular flexibility index (Phi) is 12.0. The molecule has 1 rings (SSSR count). The minimum Gasteiger partial charge on any atom is -0.495 e. The van der Waals surface area contributed by atoms with Crippen LogP contribution in [0.15, 0.2) is 18.2 Å². The molecule has 0 aliphatic heterocycles. The van der Waals surface area contributed by atoms with Gasteiger partial charge in [0.15, 0.2) is 5.79 Å². The molecule has 150 valence electrons. The van der Waals surface area contributed by atoms with Gasteiger partial charge in [-0.25, -0.2) is 0 Å². The van der Waals surface area contributed by atoms with Crippen molar-refractivity contribution in [2.24, 2.45) is 0 Å². The Labute approximate surface area is 165 Å². The van der Waals surface area contributed by atoms with Gasteiger partial charge in [-0.2, -0.15) is 0 Å². The fraction of sp³-hybridized carbons (Fsp3) is 0.727. The Hall–Kier alpha value is -0.770. The average Bonchev–Trinajstić information content (AvgIpc) is 2.61. The molecule has 1 aromatic carbocycles. The van der Waals surface area contributed by atoms with Gasteiger partial charge in [0.05, 0.1) is 25.3 Å². The number of benzene rings is 1. The molecule has 0 radical (unpaired) electrons.